The average Bonchev–Trinajstić information content (AvgIpc) is 2.75. The standard InChI is InChI=1S/C21H29N3O2.C6H11N.C2H6/c1-8-15(5)13-19(21(25)26)20(22)24-17(7)18(14(3)4)11-10-12-23-16(6)9-2;1-2-6(3-1)4-7-5-6;1-2/h8-13,17,23H,2-3,6H2,1,4-5,7H3,(H2,22,24)(H,25,26);7H,1-5H2;1-2H3/b12-10-,15-8-,18-11+,19-13+;;. The summed E-state index contributed by atoms with van der Waals surface area (Å²) in [6, 6.07) is -0.353. The lowest BCUT2D eigenvalue weighted by Crippen LogP contribution is -2.57. The maximum absolute atomic E-state index is 11.5. The third kappa shape index (κ3) is 11.2. The molecule has 6 heteroatoms. The lowest BCUT2D eigenvalue weighted by Gasteiger charge is -2.49. The summed E-state index contributed by atoms with van der Waals surface area (Å²) in [4.78, 5) is 15.8. The van der Waals surface area contributed by atoms with E-state index in [-0.39, 0.29) is 17.5 Å². The molecule has 35 heavy (non-hydrogen) atoms. The van der Waals surface area contributed by atoms with Crippen LogP contribution in [-0.4, -0.2) is 36.0 Å². The molecule has 0 aromatic heterocycles. The molecule has 6 nitrogen and oxygen atoms in total. The summed E-state index contributed by atoms with van der Waals surface area (Å²) in [5.41, 5.74) is 9.85. The van der Waals surface area contributed by atoms with Gasteiger partial charge >= 0.3 is 5.97 Å². The summed E-state index contributed by atoms with van der Waals surface area (Å²) in [6.07, 6.45) is 14.7. The molecule has 1 aliphatic heterocycles. The topological polar surface area (TPSA) is 99.7 Å². The fourth-order valence-electron chi connectivity index (χ4n) is 3.42. The molecule has 1 atom stereocenters. The Bertz CT molecular complexity index is 880. The fourth-order valence-corrected chi connectivity index (χ4v) is 3.42. The predicted octanol–water partition coefficient (Wildman–Crippen LogP) is 5.80. The van der Waals surface area contributed by atoms with Crippen molar-refractivity contribution in [2.75, 3.05) is 13.1 Å². The van der Waals surface area contributed by atoms with Crippen LogP contribution in [0, 0.1) is 5.41 Å². The highest BCUT2D eigenvalue weighted by molar-refractivity contribution is 6.17. The van der Waals surface area contributed by atoms with Gasteiger partial charge in [-0.1, -0.05) is 63.3 Å². The number of hydrogen-bond donors (Lipinski definition) is 4. The molecule has 2 aliphatic rings. The van der Waals surface area contributed by atoms with Crippen LogP contribution >= 0.6 is 0 Å². The number of nitrogens with zero attached hydrogens (tertiary/aromatic N) is 1. The molecule has 2 fully saturated rings. The van der Waals surface area contributed by atoms with Gasteiger partial charge in [0, 0.05) is 25.0 Å². The Labute approximate surface area is 212 Å². The van der Waals surface area contributed by atoms with Gasteiger partial charge in [0.15, 0.2) is 0 Å². The monoisotopic (exact) mass is 482 g/mol. The first-order valence-electron chi connectivity index (χ1n) is 12.3. The Morgan fingerprint density at radius 3 is 2.17 bits per heavy atom. The molecule has 2 rings (SSSR count). The van der Waals surface area contributed by atoms with Gasteiger partial charge in [0.1, 0.15) is 11.4 Å². The van der Waals surface area contributed by atoms with E-state index < -0.39 is 5.97 Å². The summed E-state index contributed by atoms with van der Waals surface area (Å²) in [7, 11) is 0. The van der Waals surface area contributed by atoms with Gasteiger partial charge < -0.3 is 21.5 Å². The molecule has 194 valence electrons. The Balaban J connectivity index is 0.00000105. The Morgan fingerprint density at radius 1 is 1.23 bits per heavy atom. The fraction of sp³-hybridized carbons (Fsp3) is 0.448. The van der Waals surface area contributed by atoms with Crippen LogP contribution < -0.4 is 16.4 Å². The number of amidine groups is 1. The second kappa shape index (κ2) is 16.5. The summed E-state index contributed by atoms with van der Waals surface area (Å²) in [5, 5.41) is 15.6. The molecule has 0 aromatic rings. The Kier molecular flexibility index (Phi) is 15.0. The number of aliphatic imine (C=N–C) groups is 1. The summed E-state index contributed by atoms with van der Waals surface area (Å²) in [6.45, 7) is 25.2. The van der Waals surface area contributed by atoms with Crippen molar-refractivity contribution in [1.29, 1.82) is 0 Å². The van der Waals surface area contributed by atoms with E-state index in [1.807, 2.05) is 40.7 Å². The van der Waals surface area contributed by atoms with Crippen LogP contribution in [0.15, 0.2) is 89.3 Å². The van der Waals surface area contributed by atoms with E-state index in [1.54, 1.807) is 31.4 Å². The lowest BCUT2D eigenvalue weighted by atomic mass is 9.65. The SMILES string of the molecule is C1CC2(C1)CNC2.C=CC(=C)N/C=C\C=C(/C(=C)C)C(C)N=C(N)/C(=C\C(C)=C/C)C(=O)O.CC. The highest BCUT2D eigenvalue weighted by Gasteiger charge is 2.41. The number of carboxylic acid groups (broad SMARTS) is 1. The van der Waals surface area contributed by atoms with Gasteiger partial charge in [0.2, 0.25) is 0 Å². The number of hydrogen-bond acceptors (Lipinski definition) is 4. The van der Waals surface area contributed by atoms with E-state index in [9.17, 15) is 9.90 Å². The quantitative estimate of drug-likeness (QED) is 0.136. The van der Waals surface area contributed by atoms with E-state index in [4.69, 9.17) is 5.73 Å². The van der Waals surface area contributed by atoms with Crippen molar-refractivity contribution in [1.82, 2.24) is 10.6 Å². The average molecular weight is 483 g/mol. The molecule has 0 bridgehead atoms. The minimum absolute atomic E-state index is 0.0273. The molecule has 0 radical (unpaired) electrons. The Hall–Kier alpha value is -3.12. The van der Waals surface area contributed by atoms with Gasteiger partial charge in [0.25, 0.3) is 0 Å². The van der Waals surface area contributed by atoms with Crippen molar-refractivity contribution in [3.05, 3.63) is 84.3 Å². The molecular formula is C29H46N4O2. The third-order valence-corrected chi connectivity index (χ3v) is 5.91. The zero-order valence-corrected chi connectivity index (χ0v) is 22.6. The number of allylic oxidation sites excluding steroid dienone is 6. The molecular weight excluding hydrogens is 436 g/mol. The maximum atomic E-state index is 11.5. The van der Waals surface area contributed by atoms with Gasteiger partial charge in [-0.25, -0.2) is 4.79 Å². The first kappa shape index (κ1) is 31.9. The van der Waals surface area contributed by atoms with Gasteiger partial charge in [-0.2, -0.15) is 0 Å². The normalized spacial score (nSPS) is 18.1. The van der Waals surface area contributed by atoms with Gasteiger partial charge in [-0.3, -0.25) is 4.99 Å². The highest BCUT2D eigenvalue weighted by atomic mass is 16.4. The predicted molar refractivity (Wildman–Crippen MR) is 151 cm³/mol. The third-order valence-electron chi connectivity index (χ3n) is 5.91. The first-order valence-corrected chi connectivity index (χ1v) is 12.3. The minimum atomic E-state index is -1.12. The first-order chi connectivity index (χ1) is 16.5. The van der Waals surface area contributed by atoms with Crippen molar-refractivity contribution in [2.24, 2.45) is 16.1 Å². The van der Waals surface area contributed by atoms with Crippen molar-refractivity contribution in [3.8, 4) is 0 Å². The molecule has 0 amide bonds. The molecule has 1 aliphatic carbocycles. The number of rotatable bonds is 10. The van der Waals surface area contributed by atoms with E-state index in [1.165, 1.54) is 38.4 Å². The molecule has 1 saturated carbocycles. The number of carboxylic acids is 1. The number of carbonyl (C=O) groups is 1. The Morgan fingerprint density at radius 2 is 1.83 bits per heavy atom. The zero-order chi connectivity index (χ0) is 27.0. The van der Waals surface area contributed by atoms with Crippen LogP contribution in [0.2, 0.25) is 0 Å². The number of aliphatic carboxylic acids is 1. The van der Waals surface area contributed by atoms with E-state index in [0.717, 1.165) is 22.1 Å². The van der Waals surface area contributed by atoms with Crippen LogP contribution in [0.1, 0.15) is 60.8 Å². The molecule has 1 saturated heterocycles. The van der Waals surface area contributed by atoms with Gasteiger partial charge in [-0.15, -0.1) is 0 Å². The number of nitrogens with two attached hydrogens (primary N) is 1. The van der Waals surface area contributed by atoms with Crippen molar-refractivity contribution in [2.45, 2.75) is 66.8 Å². The highest BCUT2D eigenvalue weighted by Crippen LogP contribution is 2.43. The minimum Gasteiger partial charge on any atom is -0.478 e. The zero-order valence-electron chi connectivity index (χ0n) is 22.6. The van der Waals surface area contributed by atoms with Gasteiger partial charge in [0.05, 0.1) is 6.04 Å². The van der Waals surface area contributed by atoms with Crippen LogP contribution in [0.3, 0.4) is 0 Å². The van der Waals surface area contributed by atoms with Crippen molar-refractivity contribution >= 4 is 11.8 Å². The van der Waals surface area contributed by atoms with Crippen LogP contribution in [0.4, 0.5) is 0 Å². The van der Waals surface area contributed by atoms with Crippen LogP contribution in [0.25, 0.3) is 0 Å². The van der Waals surface area contributed by atoms with Gasteiger partial charge in [-0.05, 0) is 69.8 Å². The largest absolute Gasteiger partial charge is 0.478 e. The molecule has 0 aromatic carbocycles. The summed E-state index contributed by atoms with van der Waals surface area (Å²) >= 11 is 0. The lowest BCUT2D eigenvalue weighted by molar-refractivity contribution is -0.132. The molecule has 1 unspecified atom stereocenters. The van der Waals surface area contributed by atoms with E-state index in [2.05, 4.69) is 35.4 Å². The van der Waals surface area contributed by atoms with Crippen molar-refractivity contribution < 1.29 is 9.90 Å². The van der Waals surface area contributed by atoms with Crippen LogP contribution in [-0.2, 0) is 4.79 Å². The smallest absolute Gasteiger partial charge is 0.339 e. The van der Waals surface area contributed by atoms with E-state index >= 15 is 0 Å². The van der Waals surface area contributed by atoms with E-state index in [0.29, 0.717) is 5.70 Å². The second-order valence-electron chi connectivity index (χ2n) is 8.68. The molecule has 5 N–H and O–H groups in total. The molecule has 1 spiro atoms. The van der Waals surface area contributed by atoms with Crippen LogP contribution in [0.5, 0.6) is 0 Å². The maximum Gasteiger partial charge on any atom is 0.339 e. The summed E-state index contributed by atoms with van der Waals surface area (Å²) < 4.78 is 0. The number of nitrogens with one attached hydrogen (secondary N) is 2. The second-order valence-corrected chi connectivity index (χ2v) is 8.68. The molecule has 1 heterocycles. The van der Waals surface area contributed by atoms with Crippen molar-refractivity contribution in [3.63, 3.8) is 0 Å². The summed E-state index contributed by atoms with van der Waals surface area (Å²) in [5.74, 6) is -1.15.